The molecule has 0 bridgehead atoms. The number of nitrogens with one attached hydrogen (secondary N) is 3. The molecule has 1 aliphatic rings. The number of piperidine rings is 1. The Labute approximate surface area is 146 Å². The van der Waals surface area contributed by atoms with Gasteiger partial charge in [-0.3, -0.25) is 4.79 Å². The zero-order chi connectivity index (χ0) is 17.6. The normalized spacial score (nSPS) is 18.5. The molecule has 0 spiro atoms. The number of H-pyrrole nitrogens is 2. The fourth-order valence-electron chi connectivity index (χ4n) is 3.23. The maximum Gasteiger partial charge on any atom is 0.323 e. The smallest absolute Gasteiger partial charge is 0.323 e. The zero-order valence-electron chi connectivity index (χ0n) is 14.6. The molecule has 1 aromatic heterocycles. The molecule has 25 heavy (non-hydrogen) atoms. The number of nitrogens with zero attached hydrogens (tertiary/aromatic N) is 1. The van der Waals surface area contributed by atoms with E-state index in [1.54, 1.807) is 18.2 Å². The quantitative estimate of drug-likeness (QED) is 0.716. The molecule has 1 saturated heterocycles. The van der Waals surface area contributed by atoms with Crippen molar-refractivity contribution in [2.45, 2.75) is 38.7 Å². The summed E-state index contributed by atoms with van der Waals surface area (Å²) in [6.45, 7) is 5.59. The van der Waals surface area contributed by atoms with Crippen LogP contribution in [0.2, 0.25) is 0 Å². The summed E-state index contributed by atoms with van der Waals surface area (Å²) in [4.78, 5) is 31.2. The van der Waals surface area contributed by atoms with E-state index in [4.69, 9.17) is 4.74 Å². The van der Waals surface area contributed by atoms with Gasteiger partial charge >= 0.3 is 5.69 Å². The molecule has 0 saturated carbocycles. The summed E-state index contributed by atoms with van der Waals surface area (Å²) in [6, 6.07) is 5.34. The Bertz CT molecular complexity index is 767. The highest BCUT2D eigenvalue weighted by Crippen LogP contribution is 2.16. The molecule has 1 fully saturated rings. The van der Waals surface area contributed by atoms with Crippen molar-refractivity contribution in [2.75, 3.05) is 31.6 Å². The van der Waals surface area contributed by atoms with Crippen molar-refractivity contribution in [1.82, 2.24) is 14.9 Å². The minimum atomic E-state index is -0.247. The van der Waals surface area contributed by atoms with E-state index >= 15 is 0 Å². The van der Waals surface area contributed by atoms with E-state index in [-0.39, 0.29) is 11.6 Å². The van der Waals surface area contributed by atoms with Gasteiger partial charge in [-0.15, -0.1) is 0 Å². The van der Waals surface area contributed by atoms with Gasteiger partial charge in [-0.2, -0.15) is 0 Å². The highest BCUT2D eigenvalue weighted by atomic mass is 16.5. The zero-order valence-corrected chi connectivity index (χ0v) is 14.6. The molecular formula is C18H26N4O3. The second kappa shape index (κ2) is 8.31. The molecule has 0 radical (unpaired) electrons. The van der Waals surface area contributed by atoms with Gasteiger partial charge in [0.05, 0.1) is 17.1 Å². The fourth-order valence-corrected chi connectivity index (χ4v) is 3.23. The van der Waals surface area contributed by atoms with Crippen LogP contribution < -0.4 is 11.0 Å². The molecule has 7 heteroatoms. The van der Waals surface area contributed by atoms with Crippen LogP contribution in [0.1, 0.15) is 32.6 Å². The van der Waals surface area contributed by atoms with Crippen molar-refractivity contribution in [2.24, 2.45) is 0 Å². The lowest BCUT2D eigenvalue weighted by molar-refractivity contribution is -0.116. The van der Waals surface area contributed by atoms with Crippen molar-refractivity contribution in [1.29, 1.82) is 0 Å². The average Bonchev–Trinajstić information content (AvgIpc) is 2.98. The largest absolute Gasteiger partial charge is 0.377 e. The van der Waals surface area contributed by atoms with Crippen molar-refractivity contribution in [3.8, 4) is 0 Å². The number of carbonyl (C=O) groups excluding carboxylic acids is 1. The van der Waals surface area contributed by atoms with Gasteiger partial charge in [0, 0.05) is 31.8 Å². The minimum Gasteiger partial charge on any atom is -0.377 e. The maximum atomic E-state index is 12.2. The summed E-state index contributed by atoms with van der Waals surface area (Å²) >= 11 is 0. The number of imidazole rings is 1. The molecule has 136 valence electrons. The maximum absolute atomic E-state index is 12.2. The number of rotatable bonds is 7. The van der Waals surface area contributed by atoms with Gasteiger partial charge in [-0.25, -0.2) is 4.79 Å². The van der Waals surface area contributed by atoms with Gasteiger partial charge in [-0.1, -0.05) is 6.92 Å². The predicted molar refractivity (Wildman–Crippen MR) is 97.9 cm³/mol. The lowest BCUT2D eigenvalue weighted by atomic mass is 10.1. The Balaban J connectivity index is 1.47. The molecular weight excluding hydrogens is 320 g/mol. The van der Waals surface area contributed by atoms with Crippen LogP contribution in [0.4, 0.5) is 5.69 Å². The third kappa shape index (κ3) is 4.93. The Morgan fingerprint density at radius 1 is 1.36 bits per heavy atom. The molecule has 2 heterocycles. The summed E-state index contributed by atoms with van der Waals surface area (Å²) in [5, 5.41) is 2.90. The lowest BCUT2D eigenvalue weighted by Crippen LogP contribution is -2.41. The molecule has 0 aliphatic carbocycles. The molecule has 1 aliphatic heterocycles. The molecule has 1 amide bonds. The lowest BCUT2D eigenvalue weighted by Gasteiger charge is -2.32. The van der Waals surface area contributed by atoms with E-state index in [1.165, 1.54) is 0 Å². The van der Waals surface area contributed by atoms with Gasteiger partial charge in [0.25, 0.3) is 0 Å². The molecule has 3 N–H and O–H groups in total. The van der Waals surface area contributed by atoms with Crippen molar-refractivity contribution in [3.63, 3.8) is 0 Å². The summed E-state index contributed by atoms with van der Waals surface area (Å²) < 4.78 is 5.83. The predicted octanol–water partition coefficient (Wildman–Crippen LogP) is 2.08. The third-order valence-electron chi connectivity index (χ3n) is 4.47. The van der Waals surface area contributed by atoms with Crippen molar-refractivity contribution < 1.29 is 9.53 Å². The van der Waals surface area contributed by atoms with Gasteiger partial charge in [0.2, 0.25) is 5.91 Å². The van der Waals surface area contributed by atoms with Crippen LogP contribution in [0.5, 0.6) is 0 Å². The SMILES string of the molecule is CCCOC1CCCN(CCC(=O)Nc2ccc3[nH]c(=O)[nH]c3c2)C1. The van der Waals surface area contributed by atoms with Crippen LogP contribution in [0.3, 0.4) is 0 Å². The second-order valence-corrected chi connectivity index (χ2v) is 6.57. The number of benzene rings is 1. The molecule has 1 unspecified atom stereocenters. The molecule has 3 rings (SSSR count). The fraction of sp³-hybridized carbons (Fsp3) is 0.556. The summed E-state index contributed by atoms with van der Waals surface area (Å²) in [5.41, 5.74) is 1.86. The number of hydrogen-bond acceptors (Lipinski definition) is 4. The Morgan fingerprint density at radius 3 is 3.04 bits per heavy atom. The van der Waals surface area contributed by atoms with Crippen LogP contribution in [0, 0.1) is 0 Å². The third-order valence-corrected chi connectivity index (χ3v) is 4.47. The van der Waals surface area contributed by atoms with Crippen LogP contribution in [-0.2, 0) is 9.53 Å². The highest BCUT2D eigenvalue weighted by molar-refractivity contribution is 5.93. The number of aromatic amines is 2. The molecule has 7 nitrogen and oxygen atoms in total. The van der Waals surface area contributed by atoms with E-state index < -0.39 is 0 Å². The Hall–Kier alpha value is -2.12. The van der Waals surface area contributed by atoms with Crippen LogP contribution in [0.15, 0.2) is 23.0 Å². The second-order valence-electron chi connectivity index (χ2n) is 6.57. The highest BCUT2D eigenvalue weighted by Gasteiger charge is 2.20. The number of anilines is 1. The minimum absolute atomic E-state index is 0.0196. The van der Waals surface area contributed by atoms with Crippen LogP contribution in [0.25, 0.3) is 11.0 Å². The summed E-state index contributed by atoms with van der Waals surface area (Å²) in [7, 11) is 0. The number of aromatic nitrogens is 2. The first-order chi connectivity index (χ1) is 12.1. The number of amides is 1. The molecule has 2 aromatic rings. The van der Waals surface area contributed by atoms with E-state index in [1.807, 2.05) is 0 Å². The summed E-state index contributed by atoms with van der Waals surface area (Å²) in [5.74, 6) is -0.0196. The number of likely N-dealkylation sites (tertiary alicyclic amines) is 1. The van der Waals surface area contributed by atoms with Crippen LogP contribution in [-0.4, -0.2) is 53.1 Å². The van der Waals surface area contributed by atoms with Gasteiger partial charge in [0.15, 0.2) is 0 Å². The van der Waals surface area contributed by atoms with Crippen molar-refractivity contribution >= 4 is 22.6 Å². The first kappa shape index (κ1) is 17.7. The van der Waals surface area contributed by atoms with E-state index in [0.717, 1.165) is 51.0 Å². The number of ether oxygens (including phenoxy) is 1. The number of fused-ring (bicyclic) bond motifs is 1. The van der Waals surface area contributed by atoms with Gasteiger partial charge < -0.3 is 24.9 Å². The van der Waals surface area contributed by atoms with Crippen LogP contribution >= 0.6 is 0 Å². The Morgan fingerprint density at radius 2 is 2.20 bits per heavy atom. The van der Waals surface area contributed by atoms with Gasteiger partial charge in [0.1, 0.15) is 0 Å². The first-order valence-corrected chi connectivity index (χ1v) is 9.00. The molecule has 1 aromatic carbocycles. The van der Waals surface area contributed by atoms with E-state index in [9.17, 15) is 9.59 Å². The average molecular weight is 346 g/mol. The monoisotopic (exact) mass is 346 g/mol. The van der Waals surface area contributed by atoms with E-state index in [0.29, 0.717) is 23.7 Å². The Kier molecular flexibility index (Phi) is 5.88. The van der Waals surface area contributed by atoms with E-state index in [2.05, 4.69) is 27.1 Å². The first-order valence-electron chi connectivity index (χ1n) is 9.00. The topological polar surface area (TPSA) is 90.2 Å². The number of carbonyl (C=O) groups is 1. The summed E-state index contributed by atoms with van der Waals surface area (Å²) in [6.07, 6.45) is 4.01. The standard InChI is InChI=1S/C18H26N4O3/c1-2-10-25-14-4-3-8-22(12-14)9-7-17(23)19-13-5-6-15-16(11-13)21-18(24)20-15/h5-6,11,14H,2-4,7-10,12H2,1H3,(H,19,23)(H2,20,21,24). The molecule has 1 atom stereocenters. The number of hydrogen-bond donors (Lipinski definition) is 3. The van der Waals surface area contributed by atoms with Crippen molar-refractivity contribution in [3.05, 3.63) is 28.7 Å². The van der Waals surface area contributed by atoms with Gasteiger partial charge in [-0.05, 0) is 44.0 Å².